The van der Waals surface area contributed by atoms with E-state index in [2.05, 4.69) is 47.7 Å². The fourth-order valence-corrected chi connectivity index (χ4v) is 2.42. The number of aliphatic imine (C=N–C) groups is 1. The van der Waals surface area contributed by atoms with Gasteiger partial charge in [-0.2, -0.15) is 5.10 Å². The Kier molecular flexibility index (Phi) is 6.42. The van der Waals surface area contributed by atoms with E-state index < -0.39 is 0 Å². The summed E-state index contributed by atoms with van der Waals surface area (Å²) in [6, 6.07) is 0. The summed E-state index contributed by atoms with van der Waals surface area (Å²) in [5.41, 5.74) is 6.00. The molecule has 0 atom stereocenters. The average Bonchev–Trinajstić information content (AvgIpc) is 2.85. The first-order valence-electron chi connectivity index (χ1n) is 7.32. The molecule has 120 valence electrons. The normalized spacial score (nSPS) is 17.7. The van der Waals surface area contributed by atoms with Crippen LogP contribution in [0.1, 0.15) is 46.4 Å². The third-order valence-electron chi connectivity index (χ3n) is 3.74. The summed E-state index contributed by atoms with van der Waals surface area (Å²) in [6.45, 7) is 11.1. The lowest BCUT2D eigenvalue weighted by molar-refractivity contribution is 0.277. The number of nitrogens with zero attached hydrogens (tertiary/aromatic N) is 5. The standard InChI is InChI=1S/C14H26N6.HI/c1-11-5-7-19(8-6-11)13(15)16-9-12-17-10-18-20(12)14(2,3)4;/h10-11H,5-9H2,1-4H3,(H2,15,16);1H. The quantitative estimate of drug-likeness (QED) is 0.464. The van der Waals surface area contributed by atoms with E-state index in [4.69, 9.17) is 5.73 Å². The van der Waals surface area contributed by atoms with E-state index in [-0.39, 0.29) is 29.5 Å². The Morgan fingerprint density at radius 2 is 2.00 bits per heavy atom. The van der Waals surface area contributed by atoms with Crippen LogP contribution in [-0.2, 0) is 12.1 Å². The van der Waals surface area contributed by atoms with Crippen LogP contribution in [0.4, 0.5) is 0 Å². The van der Waals surface area contributed by atoms with E-state index in [1.165, 1.54) is 12.8 Å². The molecule has 2 N–H and O–H groups in total. The van der Waals surface area contributed by atoms with Crippen LogP contribution < -0.4 is 5.73 Å². The summed E-state index contributed by atoms with van der Waals surface area (Å²) in [6.07, 6.45) is 3.96. The van der Waals surface area contributed by atoms with Gasteiger partial charge in [0.2, 0.25) is 0 Å². The van der Waals surface area contributed by atoms with Crippen molar-refractivity contribution in [2.45, 2.75) is 52.6 Å². The summed E-state index contributed by atoms with van der Waals surface area (Å²) in [5.74, 6) is 2.27. The molecule has 0 bridgehead atoms. The molecule has 2 heterocycles. The van der Waals surface area contributed by atoms with Gasteiger partial charge in [0.15, 0.2) is 5.96 Å². The maximum Gasteiger partial charge on any atom is 0.191 e. The molecule has 2 rings (SSSR count). The second kappa shape index (κ2) is 7.42. The SMILES string of the molecule is CC1CCN(C(N)=NCc2ncnn2C(C)(C)C)CC1.I. The summed E-state index contributed by atoms with van der Waals surface area (Å²) in [7, 11) is 0. The van der Waals surface area contributed by atoms with E-state index in [1.54, 1.807) is 6.33 Å². The van der Waals surface area contributed by atoms with E-state index in [1.807, 2.05) is 4.68 Å². The second-order valence-corrected chi connectivity index (χ2v) is 6.60. The minimum Gasteiger partial charge on any atom is -0.370 e. The Bertz CT molecular complexity index is 468. The predicted octanol–water partition coefficient (Wildman–Crippen LogP) is 2.20. The number of rotatable bonds is 2. The first-order chi connectivity index (χ1) is 9.38. The minimum absolute atomic E-state index is 0. The van der Waals surface area contributed by atoms with Crippen LogP contribution in [0.3, 0.4) is 0 Å². The summed E-state index contributed by atoms with van der Waals surface area (Å²) in [5, 5.41) is 4.27. The Balaban J connectivity index is 0.00000220. The van der Waals surface area contributed by atoms with Crippen LogP contribution in [0.25, 0.3) is 0 Å². The van der Waals surface area contributed by atoms with Crippen LogP contribution in [0.15, 0.2) is 11.3 Å². The molecule has 0 saturated carbocycles. The molecular weight excluding hydrogens is 379 g/mol. The largest absolute Gasteiger partial charge is 0.370 e. The molecule has 1 aliphatic heterocycles. The highest BCUT2D eigenvalue weighted by atomic mass is 127. The van der Waals surface area contributed by atoms with Gasteiger partial charge < -0.3 is 10.6 Å². The lowest BCUT2D eigenvalue weighted by Gasteiger charge is -2.31. The van der Waals surface area contributed by atoms with Crippen molar-refractivity contribution in [1.29, 1.82) is 0 Å². The molecule has 0 aliphatic carbocycles. The van der Waals surface area contributed by atoms with Gasteiger partial charge in [-0.15, -0.1) is 24.0 Å². The van der Waals surface area contributed by atoms with Gasteiger partial charge in [-0.25, -0.2) is 14.7 Å². The first kappa shape index (κ1) is 18.2. The van der Waals surface area contributed by atoms with Gasteiger partial charge in [-0.05, 0) is 39.5 Å². The van der Waals surface area contributed by atoms with Crippen molar-refractivity contribution < 1.29 is 0 Å². The molecule has 0 unspecified atom stereocenters. The molecule has 1 aromatic heterocycles. The maximum absolute atomic E-state index is 6.09. The molecule has 21 heavy (non-hydrogen) atoms. The molecular formula is C14H27IN6. The van der Waals surface area contributed by atoms with Gasteiger partial charge in [0, 0.05) is 13.1 Å². The van der Waals surface area contributed by atoms with Gasteiger partial charge in [0.25, 0.3) is 0 Å². The summed E-state index contributed by atoms with van der Waals surface area (Å²) < 4.78 is 1.90. The molecule has 0 radical (unpaired) electrons. The minimum atomic E-state index is -0.0866. The number of nitrogens with two attached hydrogens (primary N) is 1. The number of hydrogen-bond donors (Lipinski definition) is 1. The van der Waals surface area contributed by atoms with Crippen LogP contribution in [-0.4, -0.2) is 38.7 Å². The van der Waals surface area contributed by atoms with E-state index in [0.29, 0.717) is 12.5 Å². The van der Waals surface area contributed by atoms with Crippen LogP contribution in [0.5, 0.6) is 0 Å². The van der Waals surface area contributed by atoms with Gasteiger partial charge in [-0.1, -0.05) is 6.92 Å². The number of likely N-dealkylation sites (tertiary alicyclic amines) is 1. The zero-order chi connectivity index (χ0) is 14.8. The van der Waals surface area contributed by atoms with Gasteiger partial charge in [-0.3, -0.25) is 0 Å². The van der Waals surface area contributed by atoms with Crippen molar-refractivity contribution >= 4 is 29.9 Å². The lowest BCUT2D eigenvalue weighted by atomic mass is 10.00. The molecule has 0 amide bonds. The van der Waals surface area contributed by atoms with Crippen molar-refractivity contribution in [3.8, 4) is 0 Å². The third-order valence-corrected chi connectivity index (χ3v) is 3.74. The smallest absolute Gasteiger partial charge is 0.191 e. The number of aromatic nitrogens is 3. The lowest BCUT2D eigenvalue weighted by Crippen LogP contribution is -2.42. The van der Waals surface area contributed by atoms with Crippen molar-refractivity contribution in [3.63, 3.8) is 0 Å². The van der Waals surface area contributed by atoms with Crippen LogP contribution >= 0.6 is 24.0 Å². The topological polar surface area (TPSA) is 72.3 Å². The highest BCUT2D eigenvalue weighted by Gasteiger charge is 2.19. The fraction of sp³-hybridized carbons (Fsp3) is 0.786. The maximum atomic E-state index is 6.09. The highest BCUT2D eigenvalue weighted by molar-refractivity contribution is 14.0. The summed E-state index contributed by atoms with van der Waals surface area (Å²) >= 11 is 0. The molecule has 1 fully saturated rings. The molecule has 0 aromatic carbocycles. The van der Waals surface area contributed by atoms with Gasteiger partial charge in [0.05, 0.1) is 5.54 Å². The van der Waals surface area contributed by atoms with Crippen molar-refractivity contribution in [2.75, 3.05) is 13.1 Å². The molecule has 6 nitrogen and oxygen atoms in total. The predicted molar refractivity (Wildman–Crippen MR) is 95.7 cm³/mol. The fourth-order valence-electron chi connectivity index (χ4n) is 2.42. The molecule has 0 spiro atoms. The Labute approximate surface area is 144 Å². The zero-order valence-electron chi connectivity index (χ0n) is 13.4. The van der Waals surface area contributed by atoms with Crippen molar-refractivity contribution in [3.05, 3.63) is 12.2 Å². The summed E-state index contributed by atoms with van der Waals surface area (Å²) in [4.78, 5) is 10.9. The number of guanidine groups is 1. The molecule has 1 aliphatic rings. The average molecular weight is 406 g/mol. The molecule has 1 saturated heterocycles. The number of hydrogen-bond acceptors (Lipinski definition) is 3. The number of piperidine rings is 1. The van der Waals surface area contributed by atoms with Crippen molar-refractivity contribution in [2.24, 2.45) is 16.6 Å². The van der Waals surface area contributed by atoms with E-state index in [9.17, 15) is 0 Å². The van der Waals surface area contributed by atoms with E-state index in [0.717, 1.165) is 24.8 Å². The number of halogens is 1. The monoisotopic (exact) mass is 406 g/mol. The third kappa shape index (κ3) is 4.82. The van der Waals surface area contributed by atoms with Gasteiger partial charge >= 0.3 is 0 Å². The molecule has 7 heteroatoms. The Morgan fingerprint density at radius 3 is 2.57 bits per heavy atom. The Morgan fingerprint density at radius 1 is 1.38 bits per heavy atom. The van der Waals surface area contributed by atoms with E-state index >= 15 is 0 Å². The first-order valence-corrected chi connectivity index (χ1v) is 7.32. The zero-order valence-corrected chi connectivity index (χ0v) is 15.7. The van der Waals surface area contributed by atoms with Crippen molar-refractivity contribution in [1.82, 2.24) is 19.7 Å². The highest BCUT2D eigenvalue weighted by Crippen LogP contribution is 2.16. The second-order valence-electron chi connectivity index (χ2n) is 6.60. The van der Waals surface area contributed by atoms with Crippen LogP contribution in [0, 0.1) is 5.92 Å². The Hall–Kier alpha value is -0.860. The molecule has 1 aromatic rings. The van der Waals surface area contributed by atoms with Gasteiger partial charge in [0.1, 0.15) is 18.7 Å². The van der Waals surface area contributed by atoms with Crippen LogP contribution in [0.2, 0.25) is 0 Å².